The summed E-state index contributed by atoms with van der Waals surface area (Å²) in [4.78, 5) is 0. The summed E-state index contributed by atoms with van der Waals surface area (Å²) in [6, 6.07) is 10.2. The lowest BCUT2D eigenvalue weighted by atomic mass is 10.2. The molecule has 0 bridgehead atoms. The van der Waals surface area contributed by atoms with Crippen molar-refractivity contribution in [3.63, 3.8) is 0 Å². The average molecular weight is 244 g/mol. The molecule has 0 atom stereocenters. The van der Waals surface area contributed by atoms with Crippen molar-refractivity contribution in [2.45, 2.75) is 19.6 Å². The van der Waals surface area contributed by atoms with Crippen molar-refractivity contribution in [3.8, 4) is 11.5 Å². The van der Waals surface area contributed by atoms with E-state index in [1.54, 1.807) is 0 Å². The van der Waals surface area contributed by atoms with Crippen LogP contribution < -0.4 is 0 Å². The van der Waals surface area contributed by atoms with Crippen LogP contribution in [0.1, 0.15) is 5.56 Å². The van der Waals surface area contributed by atoms with E-state index in [0.29, 0.717) is 13.2 Å². The van der Waals surface area contributed by atoms with Crippen LogP contribution in [0.25, 0.3) is 6.08 Å². The molecule has 2 heteroatoms. The Hall–Kier alpha value is -1.30. The zero-order chi connectivity index (χ0) is 12.6. The molecule has 0 amide bonds. The Labute approximate surface area is 106 Å². The molecule has 0 unspecified atom stereocenters. The van der Waals surface area contributed by atoms with Gasteiger partial charge in [0.2, 0.25) is 0 Å². The quantitative estimate of drug-likeness (QED) is 0.447. The van der Waals surface area contributed by atoms with Gasteiger partial charge in [-0.3, -0.25) is 0 Å². The van der Waals surface area contributed by atoms with E-state index in [2.05, 4.69) is 49.3 Å². The standard InChI is InChI=1S/C15H20OSi/c1-17(2,3)14-8-13-16-12-7-11-15-9-5-4-6-10-15/h4-7,9-11H,12-13H2,1-3H3/b11-7-. The van der Waals surface area contributed by atoms with Crippen molar-refractivity contribution >= 4 is 14.1 Å². The molecule has 1 aromatic carbocycles. The van der Waals surface area contributed by atoms with Crippen LogP contribution in [-0.2, 0) is 4.74 Å². The second kappa shape index (κ2) is 7.11. The second-order valence-electron chi connectivity index (χ2n) is 4.88. The highest BCUT2D eigenvalue weighted by molar-refractivity contribution is 6.83. The van der Waals surface area contributed by atoms with E-state index < -0.39 is 8.07 Å². The van der Waals surface area contributed by atoms with E-state index in [1.807, 2.05) is 24.3 Å². The van der Waals surface area contributed by atoms with Gasteiger partial charge >= 0.3 is 0 Å². The Morgan fingerprint density at radius 1 is 1.18 bits per heavy atom. The Kier molecular flexibility index (Phi) is 5.75. The highest BCUT2D eigenvalue weighted by atomic mass is 28.3. The van der Waals surface area contributed by atoms with E-state index >= 15 is 0 Å². The van der Waals surface area contributed by atoms with Gasteiger partial charge in [0.05, 0.1) is 6.61 Å². The molecule has 1 nitrogen and oxygen atoms in total. The van der Waals surface area contributed by atoms with Crippen LogP contribution in [0.2, 0.25) is 19.6 Å². The van der Waals surface area contributed by atoms with Gasteiger partial charge in [0, 0.05) is 0 Å². The third-order valence-electron chi connectivity index (χ3n) is 1.96. The lowest BCUT2D eigenvalue weighted by Gasteiger charge is -2.03. The van der Waals surface area contributed by atoms with Gasteiger partial charge in [-0.15, -0.1) is 5.54 Å². The number of ether oxygens (including phenoxy) is 1. The van der Waals surface area contributed by atoms with Crippen molar-refractivity contribution in [2.24, 2.45) is 0 Å². The third kappa shape index (κ3) is 7.57. The highest BCUT2D eigenvalue weighted by Crippen LogP contribution is 2.00. The summed E-state index contributed by atoms with van der Waals surface area (Å²) in [5.41, 5.74) is 4.47. The minimum atomic E-state index is -1.24. The Balaban J connectivity index is 2.20. The van der Waals surface area contributed by atoms with Gasteiger partial charge in [0.25, 0.3) is 0 Å². The molecule has 0 aliphatic heterocycles. The molecular weight excluding hydrogens is 224 g/mol. The van der Waals surface area contributed by atoms with Crippen molar-refractivity contribution in [2.75, 3.05) is 13.2 Å². The minimum Gasteiger partial charge on any atom is -0.365 e. The summed E-state index contributed by atoms with van der Waals surface area (Å²) in [7, 11) is -1.24. The van der Waals surface area contributed by atoms with Crippen molar-refractivity contribution in [3.05, 3.63) is 42.0 Å². The van der Waals surface area contributed by atoms with E-state index in [9.17, 15) is 0 Å². The van der Waals surface area contributed by atoms with Gasteiger partial charge in [-0.1, -0.05) is 68.0 Å². The Bertz CT molecular complexity index is 404. The van der Waals surface area contributed by atoms with Crippen LogP contribution in [0.4, 0.5) is 0 Å². The molecule has 0 saturated heterocycles. The first kappa shape index (κ1) is 13.8. The molecule has 90 valence electrons. The maximum atomic E-state index is 5.41. The smallest absolute Gasteiger partial charge is 0.129 e. The van der Waals surface area contributed by atoms with Crippen LogP contribution in [0.3, 0.4) is 0 Å². The largest absolute Gasteiger partial charge is 0.365 e. The molecule has 1 rings (SSSR count). The van der Waals surface area contributed by atoms with E-state index in [0.717, 1.165) is 0 Å². The SMILES string of the molecule is C[Si](C)(C)C#CCOC/C=C\c1ccccc1. The number of hydrogen-bond acceptors (Lipinski definition) is 1. The molecule has 17 heavy (non-hydrogen) atoms. The summed E-state index contributed by atoms with van der Waals surface area (Å²) >= 11 is 0. The molecule has 0 heterocycles. The summed E-state index contributed by atoms with van der Waals surface area (Å²) < 4.78 is 5.41. The zero-order valence-electron chi connectivity index (χ0n) is 10.9. The third-order valence-corrected chi connectivity index (χ3v) is 2.89. The summed E-state index contributed by atoms with van der Waals surface area (Å²) in [6.45, 7) is 7.85. The monoisotopic (exact) mass is 244 g/mol. The highest BCUT2D eigenvalue weighted by Gasteiger charge is 2.06. The molecule has 0 aromatic heterocycles. The zero-order valence-corrected chi connectivity index (χ0v) is 11.9. The first-order valence-corrected chi connectivity index (χ1v) is 9.37. The lowest BCUT2D eigenvalue weighted by Crippen LogP contribution is -2.16. The topological polar surface area (TPSA) is 9.23 Å². The van der Waals surface area contributed by atoms with Crippen LogP contribution in [0.5, 0.6) is 0 Å². The first-order chi connectivity index (χ1) is 8.08. The predicted molar refractivity (Wildman–Crippen MR) is 77.4 cm³/mol. The van der Waals surface area contributed by atoms with Gasteiger partial charge in [-0.05, 0) is 5.56 Å². The molecule has 1 aromatic rings. The lowest BCUT2D eigenvalue weighted by molar-refractivity contribution is 0.200. The maximum Gasteiger partial charge on any atom is 0.129 e. The fourth-order valence-corrected chi connectivity index (χ4v) is 1.83. The molecule has 0 aliphatic rings. The molecule has 0 radical (unpaired) electrons. The molecule has 0 saturated carbocycles. The number of hydrogen-bond donors (Lipinski definition) is 0. The molecule has 0 aliphatic carbocycles. The summed E-state index contributed by atoms with van der Waals surface area (Å²) in [6.07, 6.45) is 4.08. The van der Waals surface area contributed by atoms with Crippen LogP contribution >= 0.6 is 0 Å². The van der Waals surface area contributed by atoms with Crippen molar-refractivity contribution < 1.29 is 4.74 Å². The predicted octanol–water partition coefficient (Wildman–Crippen LogP) is 3.60. The van der Waals surface area contributed by atoms with Crippen LogP contribution in [-0.4, -0.2) is 21.3 Å². The van der Waals surface area contributed by atoms with Crippen LogP contribution in [0, 0.1) is 11.5 Å². The normalized spacial score (nSPS) is 11.2. The summed E-state index contributed by atoms with van der Waals surface area (Å²) in [5.74, 6) is 3.08. The van der Waals surface area contributed by atoms with Gasteiger partial charge in [-0.2, -0.15) is 0 Å². The Morgan fingerprint density at radius 2 is 1.88 bits per heavy atom. The fourth-order valence-electron chi connectivity index (χ4n) is 1.23. The Morgan fingerprint density at radius 3 is 2.53 bits per heavy atom. The molecule has 0 N–H and O–H groups in total. The maximum absolute atomic E-state index is 5.41. The van der Waals surface area contributed by atoms with Crippen molar-refractivity contribution in [1.29, 1.82) is 0 Å². The van der Waals surface area contributed by atoms with Gasteiger partial charge in [0.15, 0.2) is 0 Å². The molecular formula is C15H20OSi. The van der Waals surface area contributed by atoms with Gasteiger partial charge < -0.3 is 4.74 Å². The fraction of sp³-hybridized carbons (Fsp3) is 0.333. The van der Waals surface area contributed by atoms with E-state index in [-0.39, 0.29) is 0 Å². The van der Waals surface area contributed by atoms with Crippen LogP contribution in [0.15, 0.2) is 36.4 Å². The average Bonchev–Trinajstić information content (AvgIpc) is 2.28. The van der Waals surface area contributed by atoms with Gasteiger partial charge in [0.1, 0.15) is 14.7 Å². The van der Waals surface area contributed by atoms with E-state index in [1.165, 1.54) is 5.56 Å². The molecule has 0 fully saturated rings. The number of rotatable bonds is 4. The van der Waals surface area contributed by atoms with E-state index in [4.69, 9.17) is 4.74 Å². The first-order valence-electron chi connectivity index (χ1n) is 5.87. The van der Waals surface area contributed by atoms with Crippen molar-refractivity contribution in [1.82, 2.24) is 0 Å². The molecule has 0 spiro atoms. The minimum absolute atomic E-state index is 0.531. The van der Waals surface area contributed by atoms with Gasteiger partial charge in [-0.25, -0.2) is 0 Å². The second-order valence-corrected chi connectivity index (χ2v) is 9.63. The summed E-state index contributed by atoms with van der Waals surface area (Å²) in [5, 5.41) is 0. The number of benzene rings is 1.